The fourth-order valence-electron chi connectivity index (χ4n) is 4.56. The normalized spacial score (nSPS) is 20.6. The fourth-order valence-corrected chi connectivity index (χ4v) is 4.56. The van der Waals surface area contributed by atoms with Gasteiger partial charge in [0.25, 0.3) is 17.7 Å². The molecule has 3 aliphatic heterocycles. The summed E-state index contributed by atoms with van der Waals surface area (Å²) in [5, 5.41) is 4.71. The summed E-state index contributed by atoms with van der Waals surface area (Å²) in [6.07, 6.45) is 0.270. The van der Waals surface area contributed by atoms with Crippen molar-refractivity contribution in [1.82, 2.24) is 15.2 Å². The monoisotopic (exact) mass is 478 g/mol. The molecule has 1 atom stereocenters. The van der Waals surface area contributed by atoms with E-state index in [1.807, 2.05) is 0 Å². The Balaban J connectivity index is 1.42. The summed E-state index contributed by atoms with van der Waals surface area (Å²) in [4.78, 5) is 53.4. The van der Waals surface area contributed by atoms with Crippen molar-refractivity contribution >= 4 is 29.3 Å². The van der Waals surface area contributed by atoms with Crippen LogP contribution in [0.25, 0.3) is 0 Å². The number of hydrogen-bond donors (Lipinski definition) is 1. The number of anilines is 1. The van der Waals surface area contributed by atoms with Crippen LogP contribution in [-0.2, 0) is 14.3 Å². The summed E-state index contributed by atoms with van der Waals surface area (Å²) < 4.78 is 11.3. The van der Waals surface area contributed by atoms with Crippen LogP contribution in [-0.4, -0.2) is 79.0 Å². The molecule has 1 unspecified atom stereocenters. The maximum Gasteiger partial charge on any atom is 0.280 e. The van der Waals surface area contributed by atoms with Gasteiger partial charge in [0.2, 0.25) is 5.91 Å². The molecule has 2 saturated heterocycles. The Morgan fingerprint density at radius 3 is 2.37 bits per heavy atom. The van der Waals surface area contributed by atoms with E-state index in [0.29, 0.717) is 31.3 Å². The fraction of sp³-hybridized carbons (Fsp3) is 0.360. The van der Waals surface area contributed by atoms with Crippen LogP contribution in [0.4, 0.5) is 5.69 Å². The predicted octanol–water partition coefficient (Wildman–Crippen LogP) is 1.22. The van der Waals surface area contributed by atoms with Crippen molar-refractivity contribution in [3.63, 3.8) is 0 Å². The van der Waals surface area contributed by atoms with Gasteiger partial charge in [-0.2, -0.15) is 5.01 Å². The zero-order valence-electron chi connectivity index (χ0n) is 19.1. The van der Waals surface area contributed by atoms with E-state index in [9.17, 15) is 19.2 Å². The molecule has 0 bridgehead atoms. The van der Waals surface area contributed by atoms with Gasteiger partial charge in [0, 0.05) is 32.1 Å². The molecule has 35 heavy (non-hydrogen) atoms. The van der Waals surface area contributed by atoms with Crippen molar-refractivity contribution in [2.24, 2.45) is 0 Å². The van der Waals surface area contributed by atoms with Crippen molar-refractivity contribution in [3.8, 4) is 5.75 Å². The Morgan fingerprint density at radius 2 is 1.69 bits per heavy atom. The highest BCUT2D eigenvalue weighted by molar-refractivity contribution is 6.22. The van der Waals surface area contributed by atoms with Crippen molar-refractivity contribution in [2.45, 2.75) is 18.9 Å². The molecule has 2 aromatic carbocycles. The van der Waals surface area contributed by atoms with E-state index in [-0.39, 0.29) is 29.9 Å². The molecule has 4 amide bonds. The minimum atomic E-state index is -0.918. The van der Waals surface area contributed by atoms with E-state index < -0.39 is 23.8 Å². The quantitative estimate of drug-likeness (QED) is 0.592. The summed E-state index contributed by atoms with van der Waals surface area (Å²) in [7, 11) is 0. The van der Waals surface area contributed by atoms with Gasteiger partial charge >= 0.3 is 0 Å². The number of nitrogens with zero attached hydrogens (tertiary/aromatic N) is 3. The molecule has 10 nitrogen and oxygen atoms in total. The van der Waals surface area contributed by atoms with Crippen LogP contribution < -0.4 is 15.1 Å². The second kappa shape index (κ2) is 9.85. The highest BCUT2D eigenvalue weighted by Gasteiger charge is 2.45. The van der Waals surface area contributed by atoms with E-state index in [1.54, 1.807) is 48.5 Å². The van der Waals surface area contributed by atoms with E-state index in [4.69, 9.17) is 9.47 Å². The molecule has 0 saturated carbocycles. The van der Waals surface area contributed by atoms with Crippen LogP contribution in [0.1, 0.15) is 33.6 Å². The van der Waals surface area contributed by atoms with Gasteiger partial charge in [-0.3, -0.25) is 34.4 Å². The summed E-state index contributed by atoms with van der Waals surface area (Å²) in [6.45, 7) is 4.31. The molecule has 0 aromatic heterocycles. The lowest BCUT2D eigenvalue weighted by molar-refractivity contribution is -0.134. The molecule has 3 aliphatic rings. The van der Waals surface area contributed by atoms with Crippen molar-refractivity contribution in [3.05, 3.63) is 59.7 Å². The number of carbonyl (C=O) groups is 4. The van der Waals surface area contributed by atoms with Crippen LogP contribution in [0.2, 0.25) is 0 Å². The molecular weight excluding hydrogens is 452 g/mol. The average molecular weight is 479 g/mol. The molecule has 2 fully saturated rings. The number of rotatable bonds is 7. The topological polar surface area (TPSA) is 108 Å². The summed E-state index contributed by atoms with van der Waals surface area (Å²) in [5.74, 6) is -1.43. The maximum atomic E-state index is 13.3. The maximum absolute atomic E-state index is 13.3. The van der Waals surface area contributed by atoms with Crippen LogP contribution in [0.5, 0.6) is 5.75 Å². The Bertz CT molecular complexity index is 1130. The summed E-state index contributed by atoms with van der Waals surface area (Å²) in [5.41, 5.74) is 0.985. The molecular formula is C25H26N4O6. The first kappa shape index (κ1) is 23.0. The molecule has 0 radical (unpaired) electrons. The Labute approximate surface area is 202 Å². The number of benzene rings is 2. The lowest BCUT2D eigenvalue weighted by Crippen LogP contribution is -2.60. The van der Waals surface area contributed by atoms with Gasteiger partial charge in [0.15, 0.2) is 0 Å². The number of hydrazine groups is 1. The molecule has 0 aliphatic carbocycles. The Kier molecular flexibility index (Phi) is 6.47. The molecule has 3 heterocycles. The van der Waals surface area contributed by atoms with E-state index in [1.165, 1.54) is 5.01 Å². The van der Waals surface area contributed by atoms with Gasteiger partial charge in [-0.25, -0.2) is 0 Å². The van der Waals surface area contributed by atoms with Crippen LogP contribution in [0.3, 0.4) is 0 Å². The highest BCUT2D eigenvalue weighted by Crippen LogP contribution is 2.32. The number of carbonyl (C=O) groups excluding carboxylic acids is 4. The number of ether oxygens (including phenoxy) is 2. The number of hydrogen-bond acceptors (Lipinski definition) is 8. The molecule has 2 aromatic rings. The predicted molar refractivity (Wildman–Crippen MR) is 125 cm³/mol. The zero-order valence-corrected chi connectivity index (χ0v) is 19.1. The standard InChI is InChI=1S/C25H26N4O6/c30-22-9-8-21(23(31)26-22)28(29-24(32)19-6-1-2-7-20(19)25(29)33)17-4-3-5-18(16-17)35-15-12-27-10-13-34-14-11-27/h1-7,16,21H,8-15H2,(H,26,30,31). The van der Waals surface area contributed by atoms with Gasteiger partial charge in [-0.1, -0.05) is 18.2 Å². The number of amides is 4. The Morgan fingerprint density at radius 1 is 0.971 bits per heavy atom. The van der Waals surface area contributed by atoms with Gasteiger partial charge in [-0.15, -0.1) is 0 Å². The molecule has 10 heteroatoms. The first-order valence-corrected chi connectivity index (χ1v) is 11.7. The number of piperidine rings is 1. The minimum absolute atomic E-state index is 0.103. The van der Waals surface area contributed by atoms with Crippen molar-refractivity contribution in [2.75, 3.05) is 44.5 Å². The van der Waals surface area contributed by atoms with Gasteiger partial charge < -0.3 is 9.47 Å². The smallest absolute Gasteiger partial charge is 0.280 e. The summed E-state index contributed by atoms with van der Waals surface area (Å²) >= 11 is 0. The van der Waals surface area contributed by atoms with Gasteiger partial charge in [0.1, 0.15) is 18.4 Å². The third-order valence-corrected chi connectivity index (χ3v) is 6.36. The van der Waals surface area contributed by atoms with Crippen LogP contribution in [0.15, 0.2) is 48.5 Å². The highest BCUT2D eigenvalue weighted by atomic mass is 16.5. The van der Waals surface area contributed by atoms with Crippen LogP contribution >= 0.6 is 0 Å². The van der Waals surface area contributed by atoms with E-state index >= 15 is 0 Å². The SMILES string of the molecule is O=C1CCC(N(c2cccc(OCCN3CCOCC3)c2)N2C(=O)c3ccccc3C2=O)C(=O)N1. The number of morpholine rings is 1. The third-order valence-electron chi connectivity index (χ3n) is 6.36. The lowest BCUT2D eigenvalue weighted by atomic mass is 10.0. The average Bonchev–Trinajstić information content (AvgIpc) is 3.12. The molecule has 5 rings (SSSR count). The number of fused-ring (bicyclic) bond motifs is 1. The minimum Gasteiger partial charge on any atom is -0.492 e. The number of nitrogens with one attached hydrogen (secondary N) is 1. The second-order valence-electron chi connectivity index (χ2n) is 8.58. The van der Waals surface area contributed by atoms with Gasteiger partial charge in [-0.05, 0) is 30.7 Å². The van der Waals surface area contributed by atoms with Gasteiger partial charge in [0.05, 0.1) is 30.0 Å². The van der Waals surface area contributed by atoms with E-state index in [2.05, 4.69) is 10.2 Å². The zero-order chi connectivity index (χ0) is 24.4. The van der Waals surface area contributed by atoms with Crippen LogP contribution in [0, 0.1) is 0 Å². The molecule has 0 spiro atoms. The first-order chi connectivity index (χ1) is 17.0. The van der Waals surface area contributed by atoms with Crippen molar-refractivity contribution in [1.29, 1.82) is 0 Å². The second-order valence-corrected chi connectivity index (χ2v) is 8.58. The third kappa shape index (κ3) is 4.62. The lowest BCUT2D eigenvalue weighted by Gasteiger charge is -2.39. The Hall–Kier alpha value is -3.76. The summed E-state index contributed by atoms with van der Waals surface area (Å²) in [6, 6.07) is 12.6. The largest absolute Gasteiger partial charge is 0.492 e. The number of imide groups is 2. The molecule has 182 valence electrons. The van der Waals surface area contributed by atoms with Crippen molar-refractivity contribution < 1.29 is 28.7 Å². The molecule has 1 N–H and O–H groups in total. The van der Waals surface area contributed by atoms with E-state index in [0.717, 1.165) is 24.6 Å². The first-order valence-electron chi connectivity index (χ1n) is 11.7.